The Morgan fingerprint density at radius 1 is 1.10 bits per heavy atom. The van der Waals surface area contributed by atoms with Crippen molar-refractivity contribution in [3.05, 3.63) is 35.4 Å². The van der Waals surface area contributed by atoms with E-state index in [1.54, 1.807) is 31.2 Å². The lowest BCUT2D eigenvalue weighted by Gasteiger charge is -2.13. The second kappa shape index (κ2) is 6.61. The maximum Gasteiger partial charge on any atom is 0.261 e. The molecule has 0 fully saturated rings. The molecule has 1 heterocycles. The first kappa shape index (κ1) is 14.7. The van der Waals surface area contributed by atoms with E-state index in [2.05, 4.69) is 0 Å². The number of amides is 2. The van der Waals surface area contributed by atoms with Crippen LogP contribution in [0.15, 0.2) is 24.3 Å². The minimum atomic E-state index is -0.184. The lowest BCUT2D eigenvalue weighted by Crippen LogP contribution is -2.30. The van der Waals surface area contributed by atoms with Gasteiger partial charge in [0.15, 0.2) is 5.05 Å². The van der Waals surface area contributed by atoms with Gasteiger partial charge in [0.1, 0.15) is 0 Å². The van der Waals surface area contributed by atoms with Gasteiger partial charge in [-0.05, 0) is 43.6 Å². The summed E-state index contributed by atoms with van der Waals surface area (Å²) >= 11 is 4.81. The van der Waals surface area contributed by atoms with Crippen molar-refractivity contribution in [1.82, 2.24) is 4.90 Å². The Morgan fingerprint density at radius 2 is 1.70 bits per heavy atom. The van der Waals surface area contributed by atoms with Crippen LogP contribution in [-0.4, -0.2) is 34.9 Å². The van der Waals surface area contributed by atoms with Crippen molar-refractivity contribution in [2.45, 2.75) is 26.2 Å². The molecule has 0 spiro atoms. The standard InChI is InChI=1S/C15H17NO3S/c1-11(20)19-10-6-2-5-9-16-14(17)12-7-3-4-8-13(12)15(16)18/h3-4,7-8H,2,5-6,9-10H2,1H3. The Bertz CT molecular complexity index is 507. The van der Waals surface area contributed by atoms with E-state index in [1.165, 1.54) is 4.90 Å². The Balaban J connectivity index is 1.79. The summed E-state index contributed by atoms with van der Waals surface area (Å²) in [5, 5.41) is 0.547. The summed E-state index contributed by atoms with van der Waals surface area (Å²) in [6.07, 6.45) is 2.55. The van der Waals surface area contributed by atoms with E-state index in [1.807, 2.05) is 0 Å². The fourth-order valence-corrected chi connectivity index (χ4v) is 2.29. The van der Waals surface area contributed by atoms with Gasteiger partial charge in [0.05, 0.1) is 17.7 Å². The number of fused-ring (bicyclic) bond motifs is 1. The van der Waals surface area contributed by atoms with Gasteiger partial charge in [0.2, 0.25) is 0 Å². The number of rotatable bonds is 6. The molecule has 106 valence electrons. The van der Waals surface area contributed by atoms with Gasteiger partial charge in [0.25, 0.3) is 11.8 Å². The number of thiocarbonyl (C=S) groups is 1. The van der Waals surface area contributed by atoms with Gasteiger partial charge in [-0.1, -0.05) is 12.1 Å². The Labute approximate surface area is 123 Å². The van der Waals surface area contributed by atoms with Crippen LogP contribution >= 0.6 is 12.2 Å². The number of hydrogen-bond donors (Lipinski definition) is 0. The predicted octanol–water partition coefficient (Wildman–Crippen LogP) is 2.82. The summed E-state index contributed by atoms with van der Waals surface area (Å²) in [4.78, 5) is 25.5. The number of ether oxygens (including phenoxy) is 1. The fraction of sp³-hybridized carbons (Fsp3) is 0.400. The van der Waals surface area contributed by atoms with Crippen molar-refractivity contribution in [1.29, 1.82) is 0 Å². The summed E-state index contributed by atoms with van der Waals surface area (Å²) in [6.45, 7) is 2.80. The molecule has 0 aliphatic carbocycles. The molecule has 1 aromatic rings. The summed E-state index contributed by atoms with van der Waals surface area (Å²) in [6, 6.07) is 6.95. The fourth-order valence-electron chi connectivity index (χ4n) is 2.21. The van der Waals surface area contributed by atoms with Crippen molar-refractivity contribution in [3.8, 4) is 0 Å². The number of benzene rings is 1. The molecule has 5 heteroatoms. The molecular formula is C15H17NO3S. The third-order valence-corrected chi connectivity index (χ3v) is 3.33. The van der Waals surface area contributed by atoms with Crippen LogP contribution in [0, 0.1) is 0 Å². The van der Waals surface area contributed by atoms with Crippen LogP contribution < -0.4 is 0 Å². The highest BCUT2D eigenvalue weighted by molar-refractivity contribution is 7.80. The summed E-state index contributed by atoms with van der Waals surface area (Å²) in [7, 11) is 0. The number of carbonyl (C=O) groups is 2. The zero-order valence-corrected chi connectivity index (χ0v) is 12.2. The average Bonchev–Trinajstić information content (AvgIpc) is 2.67. The molecule has 1 aromatic carbocycles. The molecule has 0 aromatic heterocycles. The smallest absolute Gasteiger partial charge is 0.261 e. The van der Waals surface area contributed by atoms with E-state index in [0.29, 0.717) is 29.3 Å². The van der Waals surface area contributed by atoms with Crippen LogP contribution in [0.3, 0.4) is 0 Å². The van der Waals surface area contributed by atoms with Gasteiger partial charge < -0.3 is 4.74 Å². The van der Waals surface area contributed by atoms with E-state index in [9.17, 15) is 9.59 Å². The van der Waals surface area contributed by atoms with Crippen LogP contribution in [0.5, 0.6) is 0 Å². The minimum absolute atomic E-state index is 0.184. The molecule has 0 N–H and O–H groups in total. The predicted molar refractivity (Wildman–Crippen MR) is 79.9 cm³/mol. The number of unbranched alkanes of at least 4 members (excludes halogenated alkanes) is 2. The molecule has 0 saturated heterocycles. The molecule has 4 nitrogen and oxygen atoms in total. The first-order valence-corrected chi connectivity index (χ1v) is 7.10. The van der Waals surface area contributed by atoms with E-state index in [4.69, 9.17) is 17.0 Å². The van der Waals surface area contributed by atoms with Crippen LogP contribution in [0.25, 0.3) is 0 Å². The summed E-state index contributed by atoms with van der Waals surface area (Å²) < 4.78 is 5.19. The van der Waals surface area contributed by atoms with Gasteiger partial charge in [-0.3, -0.25) is 14.5 Å². The van der Waals surface area contributed by atoms with Crippen molar-refractivity contribution >= 4 is 29.1 Å². The molecule has 2 rings (SSSR count). The second-order valence-electron chi connectivity index (χ2n) is 4.71. The Hall–Kier alpha value is -1.75. The van der Waals surface area contributed by atoms with Gasteiger partial charge >= 0.3 is 0 Å². The third kappa shape index (κ3) is 3.22. The maximum absolute atomic E-state index is 12.1. The monoisotopic (exact) mass is 291 g/mol. The first-order valence-electron chi connectivity index (χ1n) is 6.70. The first-order chi connectivity index (χ1) is 9.61. The average molecular weight is 291 g/mol. The van der Waals surface area contributed by atoms with Gasteiger partial charge in [-0.2, -0.15) is 0 Å². The number of imide groups is 1. The number of nitrogens with zero attached hydrogens (tertiary/aromatic N) is 1. The quantitative estimate of drug-likeness (QED) is 0.459. The largest absolute Gasteiger partial charge is 0.487 e. The van der Waals surface area contributed by atoms with Gasteiger partial charge in [-0.25, -0.2) is 0 Å². The summed E-state index contributed by atoms with van der Waals surface area (Å²) in [5.74, 6) is -0.367. The van der Waals surface area contributed by atoms with Crippen molar-refractivity contribution in [3.63, 3.8) is 0 Å². The van der Waals surface area contributed by atoms with Crippen molar-refractivity contribution in [2.24, 2.45) is 0 Å². The maximum atomic E-state index is 12.1. The molecule has 0 atom stereocenters. The lowest BCUT2D eigenvalue weighted by molar-refractivity contribution is 0.0651. The SMILES string of the molecule is CC(=S)OCCCCCN1C(=O)c2ccccc2C1=O. The Morgan fingerprint density at radius 3 is 2.25 bits per heavy atom. The lowest BCUT2D eigenvalue weighted by atomic mass is 10.1. The zero-order valence-electron chi connectivity index (χ0n) is 11.4. The van der Waals surface area contributed by atoms with Crippen LogP contribution in [0.4, 0.5) is 0 Å². The highest BCUT2D eigenvalue weighted by atomic mass is 32.1. The van der Waals surface area contributed by atoms with Gasteiger partial charge in [0, 0.05) is 13.5 Å². The molecule has 1 aliphatic rings. The minimum Gasteiger partial charge on any atom is -0.487 e. The second-order valence-corrected chi connectivity index (χ2v) is 5.28. The van der Waals surface area contributed by atoms with Crippen LogP contribution in [-0.2, 0) is 4.74 Å². The number of carbonyl (C=O) groups excluding carboxylic acids is 2. The molecule has 0 saturated carbocycles. The third-order valence-electron chi connectivity index (χ3n) is 3.21. The molecule has 0 radical (unpaired) electrons. The molecule has 1 aliphatic heterocycles. The molecular weight excluding hydrogens is 274 g/mol. The Kier molecular flexibility index (Phi) is 4.84. The molecule has 2 amide bonds. The molecule has 20 heavy (non-hydrogen) atoms. The van der Waals surface area contributed by atoms with Crippen molar-refractivity contribution < 1.29 is 14.3 Å². The van der Waals surface area contributed by atoms with E-state index in [0.717, 1.165) is 19.3 Å². The molecule has 0 unspecified atom stereocenters. The van der Waals surface area contributed by atoms with Crippen LogP contribution in [0.1, 0.15) is 46.9 Å². The number of hydrogen-bond acceptors (Lipinski definition) is 4. The van der Waals surface area contributed by atoms with Crippen molar-refractivity contribution in [2.75, 3.05) is 13.2 Å². The highest BCUT2D eigenvalue weighted by Crippen LogP contribution is 2.22. The normalized spacial score (nSPS) is 13.6. The van der Waals surface area contributed by atoms with Crippen LogP contribution in [0.2, 0.25) is 0 Å². The van der Waals surface area contributed by atoms with Gasteiger partial charge in [-0.15, -0.1) is 0 Å². The summed E-state index contributed by atoms with van der Waals surface area (Å²) in [5.41, 5.74) is 1.02. The highest BCUT2D eigenvalue weighted by Gasteiger charge is 2.34. The van der Waals surface area contributed by atoms with E-state index >= 15 is 0 Å². The van der Waals surface area contributed by atoms with E-state index in [-0.39, 0.29) is 11.8 Å². The zero-order chi connectivity index (χ0) is 14.5. The van der Waals surface area contributed by atoms with E-state index < -0.39 is 0 Å². The molecule has 0 bridgehead atoms. The topological polar surface area (TPSA) is 46.6 Å².